The Bertz CT molecular complexity index is 4180. The van der Waals surface area contributed by atoms with Crippen molar-refractivity contribution in [1.29, 1.82) is 0 Å². The van der Waals surface area contributed by atoms with Crippen LogP contribution < -0.4 is 4.90 Å². The van der Waals surface area contributed by atoms with Crippen LogP contribution in [0.25, 0.3) is 97.4 Å². The van der Waals surface area contributed by atoms with Crippen molar-refractivity contribution in [2.24, 2.45) is 0 Å². The molecule has 0 saturated heterocycles. The summed E-state index contributed by atoms with van der Waals surface area (Å²) in [5, 5.41) is 7.14. The molecular formula is C65H39NOS. The number of fused-ring (bicyclic) bond motifs is 18. The van der Waals surface area contributed by atoms with Crippen LogP contribution in [0.2, 0.25) is 0 Å². The van der Waals surface area contributed by atoms with Crippen molar-refractivity contribution in [2.45, 2.75) is 5.41 Å². The van der Waals surface area contributed by atoms with E-state index in [1.807, 2.05) is 11.3 Å². The molecule has 0 atom stereocenters. The Hall–Kier alpha value is -8.50. The van der Waals surface area contributed by atoms with Gasteiger partial charge < -0.3 is 9.32 Å². The molecule has 0 unspecified atom stereocenters. The second-order valence-electron chi connectivity index (χ2n) is 18.2. The molecule has 0 saturated carbocycles. The summed E-state index contributed by atoms with van der Waals surface area (Å²) >= 11 is 1.88. The molecule has 0 fully saturated rings. The molecule has 2 aromatic heterocycles. The fourth-order valence-electron chi connectivity index (χ4n) is 12.1. The van der Waals surface area contributed by atoms with Crippen LogP contribution in [0.3, 0.4) is 0 Å². The standard InChI is InChI=1S/C65H39NOS/c1-2-17-43-40(16-1)36-39-51-50-25-14-24-49(63(50)67-62(43)51)47-20-6-11-31-58(47)66(42-37-34-41(35-38-42)44-23-13-26-52-48-21-7-12-33-60(48)68-64(44)52)59-32-15-30-57-61(59)53-22-5-10-29-56(53)65(57)54-27-8-3-18-45(54)46-19-4-9-28-55(46)65/h1-39H. The fourth-order valence-corrected chi connectivity index (χ4v) is 13.4. The predicted molar refractivity (Wildman–Crippen MR) is 286 cm³/mol. The largest absolute Gasteiger partial charge is 0.455 e. The van der Waals surface area contributed by atoms with Gasteiger partial charge in [0, 0.05) is 58.7 Å². The quantitative estimate of drug-likeness (QED) is 0.171. The molecule has 0 amide bonds. The summed E-state index contributed by atoms with van der Waals surface area (Å²) in [5.41, 5.74) is 19.6. The second-order valence-corrected chi connectivity index (χ2v) is 19.3. The van der Waals surface area contributed by atoms with Gasteiger partial charge in [-0.3, -0.25) is 0 Å². The third-order valence-electron chi connectivity index (χ3n) is 14.9. The molecule has 11 aromatic carbocycles. The van der Waals surface area contributed by atoms with Crippen LogP contribution in [0.4, 0.5) is 17.1 Å². The summed E-state index contributed by atoms with van der Waals surface area (Å²) in [6.07, 6.45) is 0. The fraction of sp³-hybridized carbons (Fsp3) is 0.0154. The maximum atomic E-state index is 7.05. The van der Waals surface area contributed by atoms with E-state index in [9.17, 15) is 0 Å². The third kappa shape index (κ3) is 5.06. The molecule has 3 heteroatoms. The van der Waals surface area contributed by atoms with Crippen molar-refractivity contribution in [3.63, 3.8) is 0 Å². The van der Waals surface area contributed by atoms with Gasteiger partial charge in [-0.2, -0.15) is 0 Å². The first-order chi connectivity index (χ1) is 33.8. The summed E-state index contributed by atoms with van der Waals surface area (Å²) in [6.45, 7) is 0. The van der Waals surface area contributed by atoms with E-state index in [1.165, 1.54) is 81.2 Å². The molecule has 0 N–H and O–H groups in total. The number of nitrogens with zero attached hydrogens (tertiary/aromatic N) is 1. The van der Waals surface area contributed by atoms with Gasteiger partial charge in [0.15, 0.2) is 0 Å². The van der Waals surface area contributed by atoms with Crippen LogP contribution >= 0.6 is 11.3 Å². The number of benzene rings is 11. The molecule has 2 aliphatic rings. The molecule has 1 spiro atoms. The van der Waals surface area contributed by atoms with Gasteiger partial charge >= 0.3 is 0 Å². The maximum Gasteiger partial charge on any atom is 0.143 e. The highest BCUT2D eigenvalue weighted by Gasteiger charge is 2.52. The summed E-state index contributed by atoms with van der Waals surface area (Å²) in [7, 11) is 0. The smallest absolute Gasteiger partial charge is 0.143 e. The third-order valence-corrected chi connectivity index (χ3v) is 16.1. The molecule has 13 aromatic rings. The number of anilines is 3. The SMILES string of the molecule is c1ccc(N(c2ccc(-c3cccc4c3sc3ccccc34)cc2)c2cccc3c2-c2ccccc2C32c3ccccc3-c3ccccc32)c(-c2cccc3c2oc2c4ccccc4ccc32)c1. The minimum atomic E-state index is -0.476. The van der Waals surface area contributed by atoms with Crippen LogP contribution in [0, 0.1) is 0 Å². The Balaban J connectivity index is 0.994. The lowest BCUT2D eigenvalue weighted by Crippen LogP contribution is -2.26. The van der Waals surface area contributed by atoms with Crippen LogP contribution in [0.1, 0.15) is 22.3 Å². The van der Waals surface area contributed by atoms with Gasteiger partial charge in [0.2, 0.25) is 0 Å². The Morgan fingerprint density at radius 3 is 1.68 bits per heavy atom. The van der Waals surface area contributed by atoms with E-state index in [4.69, 9.17) is 4.42 Å². The van der Waals surface area contributed by atoms with Crippen LogP contribution in [0.15, 0.2) is 241 Å². The van der Waals surface area contributed by atoms with Crippen LogP contribution in [0.5, 0.6) is 0 Å². The normalized spacial score (nSPS) is 13.1. The molecule has 2 heterocycles. The lowest BCUT2D eigenvalue weighted by molar-refractivity contribution is 0.674. The van der Waals surface area contributed by atoms with Crippen molar-refractivity contribution in [1.82, 2.24) is 0 Å². The van der Waals surface area contributed by atoms with Gasteiger partial charge in [-0.05, 0) is 91.9 Å². The van der Waals surface area contributed by atoms with E-state index >= 15 is 0 Å². The van der Waals surface area contributed by atoms with Crippen molar-refractivity contribution in [2.75, 3.05) is 4.90 Å². The molecule has 0 radical (unpaired) electrons. The first-order valence-electron chi connectivity index (χ1n) is 23.4. The van der Waals surface area contributed by atoms with Crippen molar-refractivity contribution in [3.05, 3.63) is 259 Å². The molecule has 15 rings (SSSR count). The molecule has 0 bridgehead atoms. The Kier molecular flexibility index (Phi) is 7.90. The Morgan fingerprint density at radius 1 is 0.338 bits per heavy atom. The minimum Gasteiger partial charge on any atom is -0.455 e. The minimum absolute atomic E-state index is 0.476. The van der Waals surface area contributed by atoms with E-state index in [0.29, 0.717) is 0 Å². The van der Waals surface area contributed by atoms with Gasteiger partial charge in [0.1, 0.15) is 11.2 Å². The second kappa shape index (κ2) is 14.3. The average Bonchev–Trinajstić information content (AvgIpc) is 4.15. The number of thiophene rings is 1. The average molecular weight is 882 g/mol. The lowest BCUT2D eigenvalue weighted by Gasteiger charge is -2.32. The first kappa shape index (κ1) is 37.7. The number of hydrogen-bond acceptors (Lipinski definition) is 3. The zero-order chi connectivity index (χ0) is 44.5. The number of rotatable bonds is 5. The van der Waals surface area contributed by atoms with E-state index in [1.54, 1.807) is 0 Å². The monoisotopic (exact) mass is 881 g/mol. The topological polar surface area (TPSA) is 16.4 Å². The van der Waals surface area contributed by atoms with Gasteiger partial charge in [0.25, 0.3) is 0 Å². The summed E-state index contributed by atoms with van der Waals surface area (Å²) < 4.78 is 9.68. The molecule has 316 valence electrons. The summed E-state index contributed by atoms with van der Waals surface area (Å²) in [5.74, 6) is 0. The van der Waals surface area contributed by atoms with Crippen LogP contribution in [-0.4, -0.2) is 0 Å². The Labute approximate surface area is 397 Å². The molecule has 2 aliphatic carbocycles. The van der Waals surface area contributed by atoms with E-state index < -0.39 is 5.41 Å². The van der Waals surface area contributed by atoms with Gasteiger partial charge in [-0.1, -0.05) is 200 Å². The summed E-state index contributed by atoms with van der Waals surface area (Å²) in [4.78, 5) is 2.51. The predicted octanol–water partition coefficient (Wildman–Crippen LogP) is 18.3. The van der Waals surface area contributed by atoms with Crippen molar-refractivity contribution < 1.29 is 4.42 Å². The van der Waals surface area contributed by atoms with Gasteiger partial charge in [-0.25, -0.2) is 0 Å². The van der Waals surface area contributed by atoms with E-state index in [0.717, 1.165) is 55.5 Å². The molecular weight excluding hydrogens is 843 g/mol. The number of furan rings is 1. The van der Waals surface area contributed by atoms with Gasteiger partial charge in [-0.15, -0.1) is 11.3 Å². The molecule has 2 nitrogen and oxygen atoms in total. The van der Waals surface area contributed by atoms with E-state index in [-0.39, 0.29) is 0 Å². The summed E-state index contributed by atoms with van der Waals surface area (Å²) in [6, 6.07) is 87.5. The zero-order valence-electron chi connectivity index (χ0n) is 36.8. The highest BCUT2D eigenvalue weighted by molar-refractivity contribution is 7.26. The highest BCUT2D eigenvalue weighted by Crippen LogP contribution is 2.65. The maximum absolute atomic E-state index is 7.05. The Morgan fingerprint density at radius 2 is 0.882 bits per heavy atom. The van der Waals surface area contributed by atoms with Crippen molar-refractivity contribution in [3.8, 4) is 44.5 Å². The highest BCUT2D eigenvalue weighted by atomic mass is 32.1. The van der Waals surface area contributed by atoms with Crippen molar-refractivity contribution >= 4 is 81.3 Å². The number of hydrogen-bond donors (Lipinski definition) is 0. The molecule has 0 aliphatic heterocycles. The van der Waals surface area contributed by atoms with E-state index in [2.05, 4.69) is 241 Å². The first-order valence-corrected chi connectivity index (χ1v) is 24.2. The zero-order valence-corrected chi connectivity index (χ0v) is 37.6. The van der Waals surface area contributed by atoms with Gasteiger partial charge in [0.05, 0.1) is 16.8 Å². The lowest BCUT2D eigenvalue weighted by atomic mass is 9.70. The number of para-hydroxylation sites is 2. The van der Waals surface area contributed by atoms with Crippen LogP contribution in [-0.2, 0) is 5.41 Å². The molecule has 68 heavy (non-hydrogen) atoms.